The van der Waals surface area contributed by atoms with Gasteiger partial charge >= 0.3 is 12.2 Å². The highest BCUT2D eigenvalue weighted by molar-refractivity contribution is 5.89. The molecule has 6 nitrogen and oxygen atoms in total. The average molecular weight is 487 g/mol. The Hall–Kier alpha value is -3.25. The van der Waals surface area contributed by atoms with Gasteiger partial charge in [0.05, 0.1) is 23.8 Å². The Bertz CT molecular complexity index is 1160. The van der Waals surface area contributed by atoms with E-state index in [1.54, 1.807) is 24.1 Å². The van der Waals surface area contributed by atoms with Crippen LogP contribution in [0.1, 0.15) is 28.7 Å². The van der Waals surface area contributed by atoms with Gasteiger partial charge in [0.15, 0.2) is 0 Å². The number of nitrogens with one attached hydrogen (secondary N) is 1. The van der Waals surface area contributed by atoms with E-state index in [-0.39, 0.29) is 22.9 Å². The number of ether oxygens (including phenoxy) is 1. The van der Waals surface area contributed by atoms with Crippen LogP contribution >= 0.6 is 0 Å². The number of anilines is 2. The number of nitriles is 1. The van der Waals surface area contributed by atoms with E-state index in [9.17, 15) is 18.0 Å². The van der Waals surface area contributed by atoms with Crippen molar-refractivity contribution in [1.82, 2.24) is 4.90 Å². The number of hydrogen-bond donors (Lipinski definition) is 1. The molecule has 0 saturated carbocycles. The summed E-state index contributed by atoms with van der Waals surface area (Å²) in [5, 5.41) is 12.1. The molecule has 4 rings (SSSR count). The average Bonchev–Trinajstić information content (AvgIpc) is 3.19. The molecule has 2 aliphatic heterocycles. The number of likely N-dealkylation sites (tertiary alicyclic amines) is 1. The topological polar surface area (TPSA) is 68.6 Å². The lowest BCUT2D eigenvalue weighted by molar-refractivity contribution is -0.137. The summed E-state index contributed by atoms with van der Waals surface area (Å²) in [4.78, 5) is 16.8. The van der Waals surface area contributed by atoms with Crippen molar-refractivity contribution < 1.29 is 22.7 Å². The first kappa shape index (κ1) is 24.9. The Morgan fingerprint density at radius 3 is 2.63 bits per heavy atom. The van der Waals surface area contributed by atoms with Crippen molar-refractivity contribution in [2.45, 2.75) is 26.4 Å². The van der Waals surface area contributed by atoms with E-state index in [0.29, 0.717) is 44.9 Å². The van der Waals surface area contributed by atoms with Crippen LogP contribution in [0.2, 0.25) is 0 Å². The molecular formula is C26H29F3N4O2. The summed E-state index contributed by atoms with van der Waals surface area (Å²) >= 11 is 0. The Morgan fingerprint density at radius 2 is 1.97 bits per heavy atom. The number of benzene rings is 2. The standard InChI is InChI=1S/C26H29F3N4O2/c1-17-4-6-21(10-18(17)2)31-24(34)33-14-20-13-32(9-8-25(20,15-33)16-35-3)22-7-5-19(12-30)23(11-22)26(27,28)29/h4-7,10-11,20H,8-9,13-16H2,1-3H3,(H,31,34). The summed E-state index contributed by atoms with van der Waals surface area (Å²) in [6.07, 6.45) is -3.92. The molecule has 2 aliphatic rings. The van der Waals surface area contributed by atoms with Crippen LogP contribution in [0.3, 0.4) is 0 Å². The predicted molar refractivity (Wildman–Crippen MR) is 127 cm³/mol. The lowest BCUT2D eigenvalue weighted by Crippen LogP contribution is -2.49. The number of nitrogens with zero attached hydrogens (tertiary/aromatic N) is 3. The van der Waals surface area contributed by atoms with Crippen LogP contribution in [-0.2, 0) is 10.9 Å². The molecule has 0 aromatic heterocycles. The lowest BCUT2D eigenvalue weighted by Gasteiger charge is -2.44. The fourth-order valence-corrected chi connectivity index (χ4v) is 5.28. The van der Waals surface area contributed by atoms with Crippen molar-refractivity contribution in [3.05, 3.63) is 58.7 Å². The molecule has 2 unspecified atom stereocenters. The maximum absolute atomic E-state index is 13.5. The number of carbonyl (C=O) groups is 1. The van der Waals surface area contributed by atoms with Crippen LogP contribution in [0, 0.1) is 36.5 Å². The molecule has 2 aromatic rings. The zero-order chi connectivity index (χ0) is 25.4. The summed E-state index contributed by atoms with van der Waals surface area (Å²) in [6, 6.07) is 11.1. The molecule has 2 heterocycles. The number of hydrogen-bond acceptors (Lipinski definition) is 4. The highest BCUT2D eigenvalue weighted by atomic mass is 19.4. The fraction of sp³-hybridized carbons (Fsp3) is 0.462. The van der Waals surface area contributed by atoms with Gasteiger partial charge in [-0.15, -0.1) is 0 Å². The summed E-state index contributed by atoms with van der Waals surface area (Å²) in [5.41, 5.74) is 1.82. The molecule has 2 aromatic carbocycles. The molecule has 186 valence electrons. The Balaban J connectivity index is 1.53. The highest BCUT2D eigenvalue weighted by Crippen LogP contribution is 2.45. The van der Waals surface area contributed by atoms with Crippen molar-refractivity contribution in [2.24, 2.45) is 11.3 Å². The maximum atomic E-state index is 13.5. The van der Waals surface area contributed by atoms with E-state index in [4.69, 9.17) is 10.00 Å². The van der Waals surface area contributed by atoms with Crippen molar-refractivity contribution in [1.29, 1.82) is 5.26 Å². The van der Waals surface area contributed by atoms with E-state index in [1.807, 2.05) is 36.9 Å². The van der Waals surface area contributed by atoms with Crippen molar-refractivity contribution in [3.63, 3.8) is 0 Å². The number of rotatable bonds is 4. The second kappa shape index (κ2) is 9.42. The molecule has 0 bridgehead atoms. The Morgan fingerprint density at radius 1 is 1.20 bits per heavy atom. The number of carbonyl (C=O) groups excluding carboxylic acids is 1. The lowest BCUT2D eigenvalue weighted by atomic mass is 9.73. The number of piperidine rings is 1. The molecular weight excluding hydrogens is 457 g/mol. The molecule has 0 spiro atoms. The van der Waals surface area contributed by atoms with Crippen LogP contribution in [0.15, 0.2) is 36.4 Å². The third-order valence-electron chi connectivity index (χ3n) is 7.40. The van der Waals surface area contributed by atoms with Crippen LogP contribution in [0.4, 0.5) is 29.3 Å². The SMILES string of the molecule is COCC12CCN(c3ccc(C#N)c(C(F)(F)F)c3)CC1CN(C(=O)Nc1ccc(C)c(C)c1)C2. The molecule has 2 saturated heterocycles. The first-order valence-electron chi connectivity index (χ1n) is 11.5. The number of amides is 2. The van der Waals surface area contributed by atoms with E-state index in [0.717, 1.165) is 22.9 Å². The third-order valence-corrected chi connectivity index (χ3v) is 7.40. The second-order valence-corrected chi connectivity index (χ2v) is 9.64. The van der Waals surface area contributed by atoms with Gasteiger partial charge in [-0.25, -0.2) is 4.79 Å². The van der Waals surface area contributed by atoms with Gasteiger partial charge < -0.3 is 19.9 Å². The highest BCUT2D eigenvalue weighted by Gasteiger charge is 2.51. The molecule has 35 heavy (non-hydrogen) atoms. The van der Waals surface area contributed by atoms with Gasteiger partial charge in [-0.2, -0.15) is 18.4 Å². The largest absolute Gasteiger partial charge is 0.417 e. The number of aryl methyl sites for hydroxylation is 2. The first-order valence-corrected chi connectivity index (χ1v) is 11.5. The minimum absolute atomic E-state index is 0.0340. The second-order valence-electron chi connectivity index (χ2n) is 9.64. The monoisotopic (exact) mass is 486 g/mol. The molecule has 2 fully saturated rings. The number of fused-ring (bicyclic) bond motifs is 1. The van der Waals surface area contributed by atoms with E-state index >= 15 is 0 Å². The molecule has 9 heteroatoms. The summed E-state index contributed by atoms with van der Waals surface area (Å²) in [6.45, 7) is 6.52. The number of halogens is 3. The quantitative estimate of drug-likeness (QED) is 0.645. The van der Waals surface area contributed by atoms with Crippen LogP contribution in [-0.4, -0.2) is 50.8 Å². The smallest absolute Gasteiger partial charge is 0.384 e. The number of alkyl halides is 3. The van der Waals surface area contributed by atoms with Gasteiger partial charge in [0.2, 0.25) is 0 Å². The minimum Gasteiger partial charge on any atom is -0.384 e. The molecule has 2 atom stereocenters. The Labute approximate surface area is 203 Å². The molecule has 2 amide bonds. The zero-order valence-electron chi connectivity index (χ0n) is 20.1. The fourth-order valence-electron chi connectivity index (χ4n) is 5.28. The van der Waals surface area contributed by atoms with Crippen molar-refractivity contribution in [2.75, 3.05) is 50.1 Å². The van der Waals surface area contributed by atoms with Gasteiger partial charge in [-0.1, -0.05) is 6.07 Å². The van der Waals surface area contributed by atoms with Crippen LogP contribution in [0.5, 0.6) is 0 Å². The van der Waals surface area contributed by atoms with Crippen LogP contribution < -0.4 is 10.2 Å². The number of methoxy groups -OCH3 is 1. The zero-order valence-corrected chi connectivity index (χ0v) is 20.1. The minimum atomic E-state index is -4.60. The van der Waals surface area contributed by atoms with Gasteiger partial charge in [0, 0.05) is 56.0 Å². The molecule has 1 N–H and O–H groups in total. The summed E-state index contributed by atoms with van der Waals surface area (Å²) in [7, 11) is 1.63. The van der Waals surface area contributed by atoms with Gasteiger partial charge in [-0.05, 0) is 61.7 Å². The normalized spacial score (nSPS) is 22.0. The third kappa shape index (κ3) is 4.94. The Kier molecular flexibility index (Phi) is 6.69. The van der Waals surface area contributed by atoms with E-state index in [1.165, 1.54) is 6.07 Å². The van der Waals surface area contributed by atoms with Gasteiger partial charge in [-0.3, -0.25) is 0 Å². The van der Waals surface area contributed by atoms with E-state index < -0.39 is 11.7 Å². The van der Waals surface area contributed by atoms with Gasteiger partial charge in [0.1, 0.15) is 0 Å². The van der Waals surface area contributed by atoms with Crippen molar-refractivity contribution in [3.8, 4) is 6.07 Å². The molecule has 0 aliphatic carbocycles. The van der Waals surface area contributed by atoms with E-state index in [2.05, 4.69) is 5.32 Å². The maximum Gasteiger partial charge on any atom is 0.417 e. The summed E-state index contributed by atoms with van der Waals surface area (Å²) < 4.78 is 46.0. The van der Waals surface area contributed by atoms with Crippen LogP contribution in [0.25, 0.3) is 0 Å². The summed E-state index contributed by atoms with van der Waals surface area (Å²) in [5.74, 6) is 0.0340. The first-order chi connectivity index (χ1) is 16.6. The number of urea groups is 1. The van der Waals surface area contributed by atoms with Crippen molar-refractivity contribution >= 4 is 17.4 Å². The predicted octanol–water partition coefficient (Wildman–Crippen LogP) is 5.20. The van der Waals surface area contributed by atoms with Gasteiger partial charge in [0.25, 0.3) is 0 Å². The molecule has 0 radical (unpaired) electrons.